The van der Waals surface area contributed by atoms with Gasteiger partial charge in [0.25, 0.3) is 5.91 Å². The Balaban J connectivity index is 1.54. The number of piperidine rings is 1. The van der Waals surface area contributed by atoms with Crippen molar-refractivity contribution in [2.75, 3.05) is 7.11 Å². The minimum atomic E-state index is 0.126. The van der Waals surface area contributed by atoms with E-state index in [1.165, 1.54) is 0 Å². The lowest BCUT2D eigenvalue weighted by Crippen LogP contribution is -2.47. The molecule has 2 unspecified atom stereocenters. The number of hydrogen-bond donors (Lipinski definition) is 0. The number of amides is 1. The monoisotopic (exact) mass is 389 g/mol. The third kappa shape index (κ3) is 2.73. The summed E-state index contributed by atoms with van der Waals surface area (Å²) in [6.07, 6.45) is 7.97. The van der Waals surface area contributed by atoms with E-state index in [1.54, 1.807) is 7.11 Å². The van der Waals surface area contributed by atoms with E-state index in [2.05, 4.69) is 25.9 Å². The molecule has 5 nitrogen and oxygen atoms in total. The summed E-state index contributed by atoms with van der Waals surface area (Å²) in [4.78, 5) is 15.1. The second kappa shape index (κ2) is 6.24. The normalized spacial score (nSPS) is 25.8. The van der Waals surface area contributed by atoms with Crippen LogP contribution < -0.4 is 4.74 Å². The van der Waals surface area contributed by atoms with Crippen molar-refractivity contribution < 1.29 is 9.53 Å². The van der Waals surface area contributed by atoms with Crippen molar-refractivity contribution >= 4 is 21.8 Å². The van der Waals surface area contributed by atoms with Crippen molar-refractivity contribution in [3.05, 3.63) is 46.7 Å². The Labute approximate surface area is 149 Å². The molecule has 2 bridgehead atoms. The van der Waals surface area contributed by atoms with Gasteiger partial charge in [-0.1, -0.05) is 6.07 Å². The molecule has 1 amide bonds. The third-order valence-electron chi connectivity index (χ3n) is 5.20. The summed E-state index contributed by atoms with van der Waals surface area (Å²) in [5.74, 6) is 0.853. The van der Waals surface area contributed by atoms with Crippen LogP contribution in [0.15, 0.2) is 41.1 Å². The quantitative estimate of drug-likeness (QED) is 0.804. The van der Waals surface area contributed by atoms with Crippen LogP contribution in [0, 0.1) is 0 Å². The lowest BCUT2D eigenvalue weighted by molar-refractivity contribution is 0.0524. The van der Waals surface area contributed by atoms with Gasteiger partial charge in [0, 0.05) is 23.8 Å². The Kier molecular flexibility index (Phi) is 4.08. The summed E-state index contributed by atoms with van der Waals surface area (Å²) in [5.41, 5.74) is 0.714. The fourth-order valence-corrected chi connectivity index (χ4v) is 4.42. The molecule has 2 aliphatic heterocycles. The van der Waals surface area contributed by atoms with Gasteiger partial charge in [0.05, 0.1) is 23.8 Å². The Morgan fingerprint density at radius 3 is 2.62 bits per heavy atom. The van der Waals surface area contributed by atoms with E-state index in [0.29, 0.717) is 23.7 Å². The maximum atomic E-state index is 13.0. The number of hydrogen-bond acceptors (Lipinski definition) is 3. The van der Waals surface area contributed by atoms with E-state index < -0.39 is 0 Å². The Morgan fingerprint density at radius 1 is 1.25 bits per heavy atom. The van der Waals surface area contributed by atoms with Crippen LogP contribution in [0.3, 0.4) is 0 Å². The molecule has 2 saturated heterocycles. The second-order valence-electron chi connectivity index (χ2n) is 6.59. The standard InChI is InChI=1S/C18H20BrN3O2/c1-24-17-4-2-3-12(7-17)18(23)22-14-5-6-15(22)9-16(8-14)21-11-13(19)10-20-21/h2-4,7,10-11,14-16H,5-6,8-9H2,1H3. The summed E-state index contributed by atoms with van der Waals surface area (Å²) in [6, 6.07) is 8.43. The molecule has 3 heterocycles. The number of rotatable bonds is 3. The van der Waals surface area contributed by atoms with E-state index in [1.807, 2.05) is 41.3 Å². The summed E-state index contributed by atoms with van der Waals surface area (Å²) in [7, 11) is 1.63. The van der Waals surface area contributed by atoms with E-state index in [-0.39, 0.29) is 5.91 Å². The molecule has 6 heteroatoms. The number of halogens is 1. The van der Waals surface area contributed by atoms with Crippen LogP contribution in [0.1, 0.15) is 42.1 Å². The first-order valence-corrected chi connectivity index (χ1v) is 9.11. The number of ether oxygens (including phenoxy) is 1. The van der Waals surface area contributed by atoms with Crippen LogP contribution in [0.4, 0.5) is 0 Å². The van der Waals surface area contributed by atoms with Crippen molar-refractivity contribution in [3.8, 4) is 5.75 Å². The fourth-order valence-electron chi connectivity index (χ4n) is 4.12. The van der Waals surface area contributed by atoms with E-state index in [4.69, 9.17) is 4.74 Å². The SMILES string of the molecule is COc1cccc(C(=O)N2C3CCC2CC(n2cc(Br)cn2)C3)c1. The molecule has 24 heavy (non-hydrogen) atoms. The number of aromatic nitrogens is 2. The van der Waals surface area contributed by atoms with Crippen LogP contribution in [0.2, 0.25) is 0 Å². The summed E-state index contributed by atoms with van der Waals surface area (Å²) in [6.45, 7) is 0. The van der Waals surface area contributed by atoms with Gasteiger partial charge in [-0.2, -0.15) is 5.10 Å². The largest absolute Gasteiger partial charge is 0.497 e. The highest BCUT2D eigenvalue weighted by Crippen LogP contribution is 2.41. The first-order chi connectivity index (χ1) is 11.7. The number of carbonyl (C=O) groups is 1. The van der Waals surface area contributed by atoms with Gasteiger partial charge in [0.1, 0.15) is 5.75 Å². The summed E-state index contributed by atoms with van der Waals surface area (Å²) >= 11 is 3.46. The molecule has 0 radical (unpaired) electrons. The van der Waals surface area contributed by atoms with Gasteiger partial charge in [0.15, 0.2) is 0 Å². The molecule has 1 aromatic heterocycles. The van der Waals surface area contributed by atoms with Gasteiger partial charge >= 0.3 is 0 Å². The molecule has 0 N–H and O–H groups in total. The zero-order valence-corrected chi connectivity index (χ0v) is 15.1. The first kappa shape index (κ1) is 15.7. The number of benzene rings is 1. The molecule has 2 fully saturated rings. The van der Waals surface area contributed by atoms with Crippen LogP contribution in [-0.2, 0) is 0 Å². The van der Waals surface area contributed by atoms with Gasteiger partial charge in [-0.15, -0.1) is 0 Å². The van der Waals surface area contributed by atoms with Gasteiger partial charge < -0.3 is 9.64 Å². The lowest BCUT2D eigenvalue weighted by Gasteiger charge is -2.39. The average molecular weight is 390 g/mol. The average Bonchev–Trinajstić information content (AvgIpc) is 3.15. The molecule has 0 saturated carbocycles. The van der Waals surface area contributed by atoms with Gasteiger partial charge in [-0.25, -0.2) is 0 Å². The Bertz CT molecular complexity index is 746. The molecule has 0 aliphatic carbocycles. The van der Waals surface area contributed by atoms with Crippen LogP contribution in [0.25, 0.3) is 0 Å². The summed E-state index contributed by atoms with van der Waals surface area (Å²) < 4.78 is 8.30. The predicted octanol–water partition coefficient (Wildman–Crippen LogP) is 3.66. The fraction of sp³-hybridized carbons (Fsp3) is 0.444. The maximum absolute atomic E-state index is 13.0. The van der Waals surface area contributed by atoms with E-state index in [0.717, 1.165) is 35.9 Å². The van der Waals surface area contributed by atoms with E-state index in [9.17, 15) is 4.79 Å². The second-order valence-corrected chi connectivity index (χ2v) is 7.51. The number of methoxy groups -OCH3 is 1. The van der Waals surface area contributed by atoms with Crippen molar-refractivity contribution in [2.24, 2.45) is 0 Å². The zero-order chi connectivity index (χ0) is 16.7. The van der Waals surface area contributed by atoms with Crippen molar-refractivity contribution in [2.45, 2.75) is 43.8 Å². The summed E-state index contributed by atoms with van der Waals surface area (Å²) in [5, 5.41) is 4.44. The number of carbonyl (C=O) groups excluding carboxylic acids is 1. The predicted molar refractivity (Wildman–Crippen MR) is 94.2 cm³/mol. The Hall–Kier alpha value is -1.82. The van der Waals surface area contributed by atoms with Crippen molar-refractivity contribution in [1.29, 1.82) is 0 Å². The highest BCUT2D eigenvalue weighted by atomic mass is 79.9. The first-order valence-electron chi connectivity index (χ1n) is 8.32. The lowest BCUT2D eigenvalue weighted by atomic mass is 9.96. The zero-order valence-electron chi connectivity index (χ0n) is 13.6. The molecule has 2 atom stereocenters. The van der Waals surface area contributed by atoms with Crippen molar-refractivity contribution in [3.63, 3.8) is 0 Å². The molecular formula is C18H20BrN3O2. The maximum Gasteiger partial charge on any atom is 0.254 e. The highest BCUT2D eigenvalue weighted by Gasteiger charge is 2.44. The third-order valence-corrected chi connectivity index (χ3v) is 5.61. The minimum Gasteiger partial charge on any atom is -0.497 e. The van der Waals surface area contributed by atoms with Gasteiger partial charge in [-0.3, -0.25) is 9.48 Å². The molecule has 0 spiro atoms. The smallest absolute Gasteiger partial charge is 0.254 e. The number of fused-ring (bicyclic) bond motifs is 2. The van der Waals surface area contributed by atoms with Crippen LogP contribution in [0.5, 0.6) is 5.75 Å². The molecular weight excluding hydrogens is 370 g/mol. The van der Waals surface area contributed by atoms with E-state index >= 15 is 0 Å². The molecule has 2 aromatic rings. The van der Waals surface area contributed by atoms with Crippen molar-refractivity contribution in [1.82, 2.24) is 14.7 Å². The minimum absolute atomic E-state index is 0.126. The Morgan fingerprint density at radius 2 is 2.00 bits per heavy atom. The molecule has 4 rings (SSSR count). The topological polar surface area (TPSA) is 47.4 Å². The number of nitrogens with zero attached hydrogens (tertiary/aromatic N) is 3. The molecule has 1 aromatic carbocycles. The molecule has 2 aliphatic rings. The molecule has 126 valence electrons. The van der Waals surface area contributed by atoms with Crippen LogP contribution in [-0.4, -0.2) is 39.8 Å². The van der Waals surface area contributed by atoms with Gasteiger partial charge in [0.2, 0.25) is 0 Å². The highest BCUT2D eigenvalue weighted by molar-refractivity contribution is 9.10. The van der Waals surface area contributed by atoms with Gasteiger partial charge in [-0.05, 0) is 59.8 Å². The van der Waals surface area contributed by atoms with Crippen LogP contribution >= 0.6 is 15.9 Å².